The van der Waals surface area contributed by atoms with Crippen molar-refractivity contribution in [3.63, 3.8) is 0 Å². The molecule has 0 spiro atoms. The second-order valence-electron chi connectivity index (χ2n) is 14.4. The Morgan fingerprint density at radius 2 is 1.65 bits per heavy atom. The summed E-state index contributed by atoms with van der Waals surface area (Å²) in [5.74, 6) is 0.897. The van der Waals surface area contributed by atoms with Crippen LogP contribution < -0.4 is 16.3 Å². The van der Waals surface area contributed by atoms with Gasteiger partial charge >= 0.3 is 11.7 Å². The Morgan fingerprint density at radius 3 is 2.37 bits per heavy atom. The first-order valence-electron chi connectivity index (χ1n) is 16.8. The maximum atomic E-state index is 13.8. The molecular formula is C38H41N5O5S. The van der Waals surface area contributed by atoms with Crippen LogP contribution in [0.25, 0.3) is 16.7 Å². The molecule has 3 aromatic carbocycles. The van der Waals surface area contributed by atoms with E-state index in [4.69, 9.17) is 9.52 Å². The van der Waals surface area contributed by atoms with Crippen LogP contribution in [0.15, 0.2) is 99.0 Å². The Labute approximate surface area is 286 Å². The first-order chi connectivity index (χ1) is 23.3. The first-order valence-corrected chi connectivity index (χ1v) is 18.2. The number of nitrogens with zero attached hydrogens (tertiary/aromatic N) is 3. The van der Waals surface area contributed by atoms with E-state index in [1.165, 1.54) is 12.1 Å². The number of urea groups is 1. The minimum absolute atomic E-state index is 0.0680. The lowest BCUT2D eigenvalue weighted by Crippen LogP contribution is -2.46. The van der Waals surface area contributed by atoms with Crippen molar-refractivity contribution < 1.29 is 17.6 Å². The summed E-state index contributed by atoms with van der Waals surface area (Å²) < 4.78 is 36.4. The molecule has 2 amide bonds. The molecule has 49 heavy (non-hydrogen) atoms. The van der Waals surface area contributed by atoms with Crippen molar-refractivity contribution in [1.29, 1.82) is 0 Å². The van der Waals surface area contributed by atoms with Gasteiger partial charge < -0.3 is 9.73 Å². The monoisotopic (exact) mass is 679 g/mol. The summed E-state index contributed by atoms with van der Waals surface area (Å²) in [6.45, 7) is 8.30. The van der Waals surface area contributed by atoms with Gasteiger partial charge in [-0.3, -0.25) is 5.32 Å². The van der Waals surface area contributed by atoms with Gasteiger partial charge in [0.05, 0.1) is 16.3 Å². The number of fused-ring (bicyclic) bond motifs is 3. The van der Waals surface area contributed by atoms with Crippen molar-refractivity contribution in [2.24, 2.45) is 5.92 Å². The number of anilines is 2. The van der Waals surface area contributed by atoms with Crippen molar-refractivity contribution in [2.45, 2.75) is 82.2 Å². The Hall–Kier alpha value is -4.74. The summed E-state index contributed by atoms with van der Waals surface area (Å²) in [5, 5.41) is 11.4. The lowest BCUT2D eigenvalue weighted by atomic mass is 9.87. The van der Waals surface area contributed by atoms with E-state index >= 15 is 0 Å². The Balaban J connectivity index is 1.02. The number of piperidine rings is 1. The normalized spacial score (nSPS) is 19.6. The number of benzene rings is 3. The second-order valence-corrected chi connectivity index (χ2v) is 16.3. The average Bonchev–Trinajstić information content (AvgIpc) is 3.60. The number of hydrogen-bond donors (Lipinski definition) is 2. The Kier molecular flexibility index (Phi) is 8.44. The summed E-state index contributed by atoms with van der Waals surface area (Å²) in [5.41, 5.74) is 4.34. The van der Waals surface area contributed by atoms with Gasteiger partial charge in [-0.25, -0.2) is 22.7 Å². The molecule has 10 nitrogen and oxygen atoms in total. The number of carbonyl (C=O) groups excluding carboxylic acids is 1. The van der Waals surface area contributed by atoms with Crippen molar-refractivity contribution in [3.05, 3.63) is 112 Å². The number of sulfonamides is 1. The predicted molar refractivity (Wildman–Crippen MR) is 191 cm³/mol. The summed E-state index contributed by atoms with van der Waals surface area (Å²) in [6.07, 6.45) is 4.01. The van der Waals surface area contributed by atoms with Crippen LogP contribution in [0.3, 0.4) is 0 Å². The fourth-order valence-corrected chi connectivity index (χ4v) is 9.17. The molecule has 4 heterocycles. The Morgan fingerprint density at radius 1 is 0.918 bits per heavy atom. The number of aromatic nitrogens is 2. The van der Waals surface area contributed by atoms with Crippen molar-refractivity contribution in [3.8, 4) is 5.69 Å². The molecule has 2 aliphatic rings. The van der Waals surface area contributed by atoms with E-state index in [9.17, 15) is 18.0 Å². The van der Waals surface area contributed by atoms with Crippen LogP contribution in [0.1, 0.15) is 63.3 Å². The summed E-state index contributed by atoms with van der Waals surface area (Å²) in [4.78, 5) is 25.1. The van der Waals surface area contributed by atoms with E-state index in [2.05, 4.69) is 37.5 Å². The zero-order valence-electron chi connectivity index (χ0n) is 28.1. The predicted octanol–water partition coefficient (Wildman–Crippen LogP) is 7.40. The molecule has 2 unspecified atom stereocenters. The van der Waals surface area contributed by atoms with E-state index in [0.717, 1.165) is 54.6 Å². The van der Waals surface area contributed by atoms with Crippen LogP contribution in [0.2, 0.25) is 0 Å². The summed E-state index contributed by atoms with van der Waals surface area (Å²) >= 11 is 0. The molecule has 11 heteroatoms. The highest BCUT2D eigenvalue weighted by molar-refractivity contribution is 7.89. The van der Waals surface area contributed by atoms with Gasteiger partial charge in [-0.1, -0.05) is 50.6 Å². The van der Waals surface area contributed by atoms with Gasteiger partial charge in [0.25, 0.3) is 0 Å². The molecule has 2 aliphatic heterocycles. The maximum absolute atomic E-state index is 13.8. The summed E-state index contributed by atoms with van der Waals surface area (Å²) in [6, 6.07) is 24.9. The zero-order chi connectivity index (χ0) is 34.5. The number of amides is 2. The number of rotatable bonds is 7. The van der Waals surface area contributed by atoms with Gasteiger partial charge in [-0.15, -0.1) is 0 Å². The lowest BCUT2D eigenvalue weighted by Gasteiger charge is -2.38. The number of nitrogens with one attached hydrogen (secondary N) is 2. The topological polar surface area (TPSA) is 127 Å². The summed E-state index contributed by atoms with van der Waals surface area (Å²) in [7, 11) is -3.72. The molecule has 2 N–H and O–H groups in total. The fraction of sp³-hybridized carbons (Fsp3) is 0.342. The zero-order valence-corrected chi connectivity index (χ0v) is 29.0. The molecule has 2 fully saturated rings. The standard InChI is InChI=1S/C38H41N5O5S/c1-24-8-11-29(12-9-24)42-35(23-34(41-42)38(2,3)4)40-37(45)39-28-7-5-6-25(19-28)18-26-20-30-13-14-31(21-26)43(30)49(46,47)32-15-16-33-27(22-32)10-17-36(44)48-33/h5-12,15-17,19,22-23,26,30-31H,13-14,18,20-21H2,1-4H3,(H2,39,40,45). The fourth-order valence-electron chi connectivity index (χ4n) is 7.25. The van der Waals surface area contributed by atoms with Crippen molar-refractivity contribution in [1.82, 2.24) is 14.1 Å². The van der Waals surface area contributed by atoms with Gasteiger partial charge in [0.15, 0.2) is 0 Å². The van der Waals surface area contributed by atoms with Crippen LogP contribution in [-0.4, -0.2) is 40.6 Å². The third-order valence-corrected chi connectivity index (χ3v) is 11.6. The molecule has 254 valence electrons. The molecule has 2 atom stereocenters. The molecule has 7 rings (SSSR count). The van der Waals surface area contributed by atoms with E-state index in [-0.39, 0.29) is 28.4 Å². The van der Waals surface area contributed by atoms with Gasteiger partial charge in [0.1, 0.15) is 11.4 Å². The quantitative estimate of drug-likeness (QED) is 0.173. The van der Waals surface area contributed by atoms with E-state index in [1.807, 2.05) is 55.5 Å². The highest BCUT2D eigenvalue weighted by Gasteiger charge is 2.47. The van der Waals surface area contributed by atoms with Gasteiger partial charge in [0, 0.05) is 40.7 Å². The minimum atomic E-state index is -3.72. The van der Waals surface area contributed by atoms with Crippen LogP contribution in [0.4, 0.5) is 16.3 Å². The molecule has 0 aliphatic carbocycles. The molecule has 2 aromatic heterocycles. The number of carbonyl (C=O) groups is 1. The smallest absolute Gasteiger partial charge is 0.336 e. The second kappa shape index (κ2) is 12.6. The molecule has 5 aromatic rings. The molecule has 2 bridgehead atoms. The lowest BCUT2D eigenvalue weighted by molar-refractivity contribution is 0.190. The minimum Gasteiger partial charge on any atom is -0.423 e. The van der Waals surface area contributed by atoms with Crippen molar-refractivity contribution >= 4 is 38.5 Å². The van der Waals surface area contributed by atoms with E-state index < -0.39 is 15.6 Å². The molecule has 2 saturated heterocycles. The highest BCUT2D eigenvalue weighted by atomic mass is 32.2. The highest BCUT2D eigenvalue weighted by Crippen LogP contribution is 2.43. The van der Waals surface area contributed by atoms with Crippen LogP contribution in [0, 0.1) is 12.8 Å². The number of aryl methyl sites for hydroxylation is 1. The van der Waals surface area contributed by atoms with Gasteiger partial charge in [-0.2, -0.15) is 9.40 Å². The van der Waals surface area contributed by atoms with Gasteiger partial charge in [-0.05, 0) is 99.0 Å². The SMILES string of the molecule is Cc1ccc(-n2nc(C(C)(C)C)cc2NC(=O)Nc2cccc(CC3CC4CCC(C3)N4S(=O)(=O)c3ccc4oc(=O)ccc4c3)c2)cc1. The third-order valence-electron chi connectivity index (χ3n) is 9.64. The van der Waals surface area contributed by atoms with Crippen LogP contribution in [0.5, 0.6) is 0 Å². The van der Waals surface area contributed by atoms with Crippen LogP contribution >= 0.6 is 0 Å². The molecule has 0 radical (unpaired) electrons. The van der Waals surface area contributed by atoms with Crippen LogP contribution in [-0.2, 0) is 21.9 Å². The largest absolute Gasteiger partial charge is 0.423 e. The molecule has 0 saturated carbocycles. The maximum Gasteiger partial charge on any atom is 0.336 e. The first kappa shape index (κ1) is 32.8. The van der Waals surface area contributed by atoms with E-state index in [0.29, 0.717) is 28.4 Å². The third kappa shape index (κ3) is 6.78. The molecular weight excluding hydrogens is 639 g/mol. The van der Waals surface area contributed by atoms with E-state index in [1.54, 1.807) is 27.2 Å². The van der Waals surface area contributed by atoms with Crippen molar-refractivity contribution in [2.75, 3.05) is 10.6 Å². The average molecular weight is 680 g/mol. The Bertz CT molecular complexity index is 2190. The van der Waals surface area contributed by atoms with Gasteiger partial charge in [0.2, 0.25) is 10.0 Å². The number of hydrogen-bond acceptors (Lipinski definition) is 6.